The van der Waals surface area contributed by atoms with E-state index in [1.54, 1.807) is 6.21 Å². The van der Waals surface area contributed by atoms with E-state index in [2.05, 4.69) is 15.8 Å². The van der Waals surface area contributed by atoms with Gasteiger partial charge in [-0.05, 0) is 48.9 Å². The third-order valence-electron chi connectivity index (χ3n) is 5.43. The minimum absolute atomic E-state index is 0.189. The summed E-state index contributed by atoms with van der Waals surface area (Å²) in [7, 11) is 0. The summed E-state index contributed by atoms with van der Waals surface area (Å²) in [5.41, 5.74) is 7.14. The summed E-state index contributed by atoms with van der Waals surface area (Å²) >= 11 is 1.33. The molecule has 7 heteroatoms. The molecule has 2 N–H and O–H groups in total. The molecule has 0 unspecified atom stereocenters. The van der Waals surface area contributed by atoms with Crippen LogP contribution < -0.4 is 15.5 Å². The number of anilines is 2. The Bertz CT molecular complexity index is 1510. The molecular formula is C30H24N4O2S. The summed E-state index contributed by atoms with van der Waals surface area (Å²) in [6, 6.07) is 34.5. The number of ether oxygens (including phenoxy) is 1. The van der Waals surface area contributed by atoms with Crippen LogP contribution in [0, 0.1) is 6.92 Å². The number of thiazole rings is 1. The number of carbonyl (C=O) groups is 1. The Morgan fingerprint density at radius 2 is 1.57 bits per heavy atom. The number of aromatic nitrogens is 1. The van der Waals surface area contributed by atoms with Gasteiger partial charge in [0.1, 0.15) is 22.2 Å². The Labute approximate surface area is 219 Å². The lowest BCUT2D eigenvalue weighted by atomic mass is 10.1. The number of benzene rings is 4. The van der Waals surface area contributed by atoms with E-state index >= 15 is 0 Å². The molecule has 0 spiro atoms. The summed E-state index contributed by atoms with van der Waals surface area (Å²) < 4.78 is 5.90. The van der Waals surface area contributed by atoms with Crippen molar-refractivity contribution in [1.82, 2.24) is 4.98 Å². The number of nitrogens with one attached hydrogen (secondary N) is 2. The van der Waals surface area contributed by atoms with Gasteiger partial charge in [-0.15, -0.1) is 0 Å². The molecule has 0 bridgehead atoms. The van der Waals surface area contributed by atoms with Gasteiger partial charge in [-0.2, -0.15) is 5.10 Å². The number of para-hydroxylation sites is 1. The lowest BCUT2D eigenvalue weighted by Gasteiger charge is -2.05. The molecule has 37 heavy (non-hydrogen) atoms. The van der Waals surface area contributed by atoms with Crippen LogP contribution >= 0.6 is 11.3 Å². The normalized spacial score (nSPS) is 10.8. The summed E-state index contributed by atoms with van der Waals surface area (Å²) in [4.78, 5) is 17.6. The van der Waals surface area contributed by atoms with Gasteiger partial charge in [0.05, 0.1) is 6.21 Å². The highest BCUT2D eigenvalue weighted by Gasteiger charge is 2.16. The number of hydrazone groups is 1. The van der Waals surface area contributed by atoms with Gasteiger partial charge in [0.2, 0.25) is 5.13 Å². The van der Waals surface area contributed by atoms with Crippen LogP contribution in [0.2, 0.25) is 0 Å². The van der Waals surface area contributed by atoms with E-state index in [4.69, 9.17) is 9.72 Å². The number of nitrogens with zero attached hydrogens (tertiary/aromatic N) is 2. The highest BCUT2D eigenvalue weighted by atomic mass is 32.1. The Balaban J connectivity index is 1.33. The monoisotopic (exact) mass is 504 g/mol. The standard InChI is InChI=1S/C30H24N4O2S/c1-21-15-17-24(18-16-21)28(35)33-29-27(23-10-4-2-5-11-23)32-30(37-29)34-31-20-22-9-8-14-26(19-22)36-25-12-6-3-7-13-25/h2-20H,1H3,(H,32,34)(H,33,35)/b31-20+. The number of hydrogen-bond donors (Lipinski definition) is 2. The maximum Gasteiger partial charge on any atom is 0.256 e. The van der Waals surface area contributed by atoms with Crippen LogP contribution in [0.3, 0.4) is 0 Å². The molecule has 0 aliphatic heterocycles. The largest absolute Gasteiger partial charge is 0.457 e. The molecule has 0 radical (unpaired) electrons. The van der Waals surface area contributed by atoms with Crippen molar-refractivity contribution in [2.24, 2.45) is 5.10 Å². The van der Waals surface area contributed by atoms with E-state index in [0.717, 1.165) is 28.2 Å². The molecule has 0 saturated carbocycles. The van der Waals surface area contributed by atoms with Crippen molar-refractivity contribution in [3.8, 4) is 22.8 Å². The quantitative estimate of drug-likeness (QED) is 0.168. The van der Waals surface area contributed by atoms with Crippen molar-refractivity contribution in [2.45, 2.75) is 6.92 Å². The van der Waals surface area contributed by atoms with Gasteiger partial charge >= 0.3 is 0 Å². The van der Waals surface area contributed by atoms with Gasteiger partial charge in [-0.25, -0.2) is 4.98 Å². The molecule has 182 valence electrons. The molecule has 5 rings (SSSR count). The van der Waals surface area contributed by atoms with Crippen LogP contribution in [0.1, 0.15) is 21.5 Å². The van der Waals surface area contributed by atoms with Crippen LogP contribution in [0.4, 0.5) is 10.1 Å². The van der Waals surface area contributed by atoms with E-state index in [1.165, 1.54) is 11.3 Å². The zero-order valence-corrected chi connectivity index (χ0v) is 20.9. The van der Waals surface area contributed by atoms with Crippen molar-refractivity contribution in [2.75, 3.05) is 10.7 Å². The first-order valence-electron chi connectivity index (χ1n) is 11.7. The van der Waals surface area contributed by atoms with E-state index in [1.807, 2.05) is 116 Å². The molecule has 6 nitrogen and oxygen atoms in total. The van der Waals surface area contributed by atoms with Crippen LogP contribution in [0.15, 0.2) is 114 Å². The van der Waals surface area contributed by atoms with Gasteiger partial charge in [0.15, 0.2) is 0 Å². The van der Waals surface area contributed by atoms with Crippen LogP contribution in [-0.4, -0.2) is 17.1 Å². The van der Waals surface area contributed by atoms with Crippen molar-refractivity contribution >= 4 is 33.6 Å². The average molecular weight is 505 g/mol. The Morgan fingerprint density at radius 1 is 0.865 bits per heavy atom. The molecule has 0 saturated heterocycles. The van der Waals surface area contributed by atoms with E-state index < -0.39 is 0 Å². The van der Waals surface area contributed by atoms with Crippen LogP contribution in [0.5, 0.6) is 11.5 Å². The molecule has 1 amide bonds. The lowest BCUT2D eigenvalue weighted by Crippen LogP contribution is -2.11. The maximum atomic E-state index is 12.9. The number of rotatable bonds is 8. The van der Waals surface area contributed by atoms with Gasteiger partial charge in [0, 0.05) is 11.1 Å². The molecule has 5 aromatic rings. The average Bonchev–Trinajstić information content (AvgIpc) is 3.32. The van der Waals surface area contributed by atoms with Crippen LogP contribution in [0.25, 0.3) is 11.3 Å². The fourth-order valence-electron chi connectivity index (χ4n) is 3.57. The summed E-state index contributed by atoms with van der Waals surface area (Å²) in [5, 5.41) is 8.58. The van der Waals surface area contributed by atoms with Gasteiger partial charge in [-0.1, -0.05) is 89.7 Å². The second-order valence-electron chi connectivity index (χ2n) is 8.24. The molecule has 4 aromatic carbocycles. The van der Waals surface area contributed by atoms with Crippen molar-refractivity contribution in [3.05, 3.63) is 126 Å². The third-order valence-corrected chi connectivity index (χ3v) is 6.30. The molecule has 0 atom stereocenters. The molecule has 0 aliphatic carbocycles. The van der Waals surface area contributed by atoms with Gasteiger partial charge in [0.25, 0.3) is 5.91 Å². The minimum Gasteiger partial charge on any atom is -0.457 e. The second kappa shape index (κ2) is 11.3. The minimum atomic E-state index is -0.189. The van der Waals surface area contributed by atoms with Crippen molar-refractivity contribution < 1.29 is 9.53 Å². The fraction of sp³-hybridized carbons (Fsp3) is 0.0333. The second-order valence-corrected chi connectivity index (χ2v) is 9.24. The zero-order valence-electron chi connectivity index (χ0n) is 20.1. The van der Waals surface area contributed by atoms with E-state index in [-0.39, 0.29) is 5.91 Å². The Hall–Kier alpha value is -4.75. The summed E-state index contributed by atoms with van der Waals surface area (Å²) in [5.74, 6) is 1.30. The van der Waals surface area contributed by atoms with Gasteiger partial charge in [-0.3, -0.25) is 10.2 Å². The topological polar surface area (TPSA) is 75.6 Å². The molecule has 0 aliphatic rings. The van der Waals surface area contributed by atoms with E-state index in [0.29, 0.717) is 21.4 Å². The predicted molar refractivity (Wildman–Crippen MR) is 151 cm³/mol. The third kappa shape index (κ3) is 6.28. The molecule has 1 heterocycles. The maximum absolute atomic E-state index is 12.9. The first-order chi connectivity index (χ1) is 18.1. The Morgan fingerprint density at radius 3 is 2.32 bits per heavy atom. The zero-order chi connectivity index (χ0) is 25.5. The van der Waals surface area contributed by atoms with Crippen LogP contribution in [-0.2, 0) is 0 Å². The number of hydrogen-bond acceptors (Lipinski definition) is 6. The summed E-state index contributed by atoms with van der Waals surface area (Å²) in [6.07, 6.45) is 1.70. The highest BCUT2D eigenvalue weighted by molar-refractivity contribution is 7.20. The highest BCUT2D eigenvalue weighted by Crippen LogP contribution is 2.36. The smallest absolute Gasteiger partial charge is 0.256 e. The molecule has 1 aromatic heterocycles. The predicted octanol–water partition coefficient (Wildman–Crippen LogP) is 7.61. The number of aryl methyl sites for hydroxylation is 1. The number of carbonyl (C=O) groups excluding carboxylic acids is 1. The first kappa shape index (κ1) is 24.0. The Kier molecular flexibility index (Phi) is 7.34. The fourth-order valence-corrected chi connectivity index (χ4v) is 4.40. The van der Waals surface area contributed by atoms with Gasteiger partial charge < -0.3 is 10.1 Å². The lowest BCUT2D eigenvalue weighted by molar-refractivity contribution is 0.102. The number of amides is 1. The van der Waals surface area contributed by atoms with Crippen molar-refractivity contribution in [1.29, 1.82) is 0 Å². The molecular weight excluding hydrogens is 480 g/mol. The SMILES string of the molecule is Cc1ccc(C(=O)Nc2sc(N/N=C/c3cccc(Oc4ccccc4)c3)nc2-c2ccccc2)cc1. The van der Waals surface area contributed by atoms with Crippen molar-refractivity contribution in [3.63, 3.8) is 0 Å². The molecule has 0 fully saturated rings. The summed E-state index contributed by atoms with van der Waals surface area (Å²) in [6.45, 7) is 1.99. The van der Waals surface area contributed by atoms with E-state index in [9.17, 15) is 4.79 Å². The first-order valence-corrected chi connectivity index (χ1v) is 12.5.